The van der Waals surface area contributed by atoms with E-state index in [-0.39, 0.29) is 17.1 Å². The van der Waals surface area contributed by atoms with Crippen molar-refractivity contribution in [1.82, 2.24) is 4.90 Å². The number of sulfone groups is 1. The molecule has 2 aromatic carbocycles. The molecule has 0 saturated carbocycles. The fourth-order valence-corrected chi connectivity index (χ4v) is 4.07. The Morgan fingerprint density at radius 1 is 1.16 bits per heavy atom. The molecule has 3 rings (SSSR count). The summed E-state index contributed by atoms with van der Waals surface area (Å²) in [6.45, 7) is 0.533. The number of alkyl halides is 3. The van der Waals surface area contributed by atoms with E-state index in [1.54, 1.807) is 0 Å². The molecule has 2 unspecified atom stereocenters. The number of rotatable bonds is 4. The molecule has 172 valence electrons. The lowest BCUT2D eigenvalue weighted by molar-refractivity contribution is -0.258. The summed E-state index contributed by atoms with van der Waals surface area (Å²) in [5.74, 6) is -0.690. The van der Waals surface area contributed by atoms with Gasteiger partial charge >= 0.3 is 12.2 Å². The minimum Gasteiger partial charge on any atom is -0.376 e. The van der Waals surface area contributed by atoms with Gasteiger partial charge < -0.3 is 21.1 Å². The molecule has 1 heterocycles. The number of anilines is 1. The van der Waals surface area contributed by atoms with E-state index in [4.69, 9.17) is 5.73 Å². The van der Waals surface area contributed by atoms with Crippen molar-refractivity contribution in [3.05, 3.63) is 59.2 Å². The monoisotopic (exact) mass is 471 g/mol. The Balaban J connectivity index is 1.88. The highest BCUT2D eigenvalue weighted by Gasteiger charge is 2.51. The molecule has 0 aromatic heterocycles. The molecule has 32 heavy (non-hydrogen) atoms. The van der Waals surface area contributed by atoms with Crippen molar-refractivity contribution in [2.45, 2.75) is 36.2 Å². The summed E-state index contributed by atoms with van der Waals surface area (Å²) in [7, 11) is -3.51. The number of hydrogen-bond donors (Lipinski definition) is 3. The number of fused-ring (bicyclic) bond motifs is 1. The first-order valence-electron chi connectivity index (χ1n) is 9.22. The maximum atomic E-state index is 13.0. The summed E-state index contributed by atoms with van der Waals surface area (Å²) in [5, 5.41) is 12.2. The average Bonchev–Trinajstić information content (AvgIpc) is 3.06. The molecular weight excluding hydrogens is 451 g/mol. The summed E-state index contributed by atoms with van der Waals surface area (Å²) in [6.07, 6.45) is -3.86. The molecule has 2 atom stereocenters. The summed E-state index contributed by atoms with van der Waals surface area (Å²) >= 11 is 0. The van der Waals surface area contributed by atoms with Crippen LogP contribution in [0.1, 0.15) is 29.7 Å². The van der Waals surface area contributed by atoms with E-state index in [9.17, 15) is 36.3 Å². The van der Waals surface area contributed by atoms with Gasteiger partial charge in [-0.15, -0.1) is 0 Å². The molecule has 3 amide bonds. The average molecular weight is 471 g/mol. The summed E-state index contributed by atoms with van der Waals surface area (Å²) in [6, 6.07) is 6.45. The first-order chi connectivity index (χ1) is 14.6. The van der Waals surface area contributed by atoms with Gasteiger partial charge in [0.05, 0.1) is 4.90 Å². The summed E-state index contributed by atoms with van der Waals surface area (Å²) in [5.41, 5.74) is 2.84. The van der Waals surface area contributed by atoms with Crippen LogP contribution < -0.4 is 11.1 Å². The molecule has 0 aliphatic carbocycles. The molecule has 0 spiro atoms. The normalized spacial score (nSPS) is 18.1. The highest BCUT2D eigenvalue weighted by molar-refractivity contribution is 7.90. The Bertz CT molecular complexity index is 1180. The van der Waals surface area contributed by atoms with E-state index < -0.39 is 45.2 Å². The van der Waals surface area contributed by atoms with Crippen LogP contribution in [-0.4, -0.2) is 42.8 Å². The van der Waals surface area contributed by atoms with Gasteiger partial charge in [0.1, 0.15) is 6.04 Å². The van der Waals surface area contributed by atoms with Gasteiger partial charge in [-0.05, 0) is 47.9 Å². The molecule has 0 radical (unpaired) electrons. The van der Waals surface area contributed by atoms with E-state index in [1.807, 2.05) is 0 Å². The Hall–Kier alpha value is -3.12. The Labute approximate surface area is 181 Å². The van der Waals surface area contributed by atoms with Crippen LogP contribution in [0, 0.1) is 0 Å². The fourth-order valence-electron chi connectivity index (χ4n) is 3.40. The minimum atomic E-state index is -4.89. The standard InChI is InChI=1S/C20H20F3N3O5S/c1-19(29,20(21,22)23)12-3-5-13(6-4-12)25-17(27)16-15-8-7-14(32(2,30)31)9-11(15)10-26(16)18(24)28/h3-9,16,29H,10H2,1-2H3,(H2,24,28)(H,25,27). The first kappa shape index (κ1) is 23.5. The van der Waals surface area contributed by atoms with Crippen LogP contribution in [0.5, 0.6) is 0 Å². The van der Waals surface area contributed by atoms with E-state index in [1.165, 1.54) is 30.3 Å². The van der Waals surface area contributed by atoms with Gasteiger partial charge in [-0.3, -0.25) is 4.79 Å². The number of amides is 3. The van der Waals surface area contributed by atoms with E-state index in [2.05, 4.69) is 5.32 Å². The quantitative estimate of drug-likeness (QED) is 0.631. The van der Waals surface area contributed by atoms with E-state index in [0.717, 1.165) is 23.3 Å². The maximum absolute atomic E-state index is 13.0. The predicted octanol–water partition coefficient (Wildman–Crippen LogP) is 2.43. The Morgan fingerprint density at radius 3 is 2.25 bits per heavy atom. The third kappa shape index (κ3) is 4.28. The van der Waals surface area contributed by atoms with Crippen molar-refractivity contribution in [1.29, 1.82) is 0 Å². The van der Waals surface area contributed by atoms with Crippen LogP contribution in [-0.2, 0) is 26.8 Å². The second-order valence-electron chi connectivity index (χ2n) is 7.64. The molecule has 2 aromatic rings. The molecule has 12 heteroatoms. The zero-order chi connectivity index (χ0) is 24.1. The van der Waals surface area contributed by atoms with Gasteiger partial charge in [0.15, 0.2) is 15.4 Å². The highest BCUT2D eigenvalue weighted by atomic mass is 32.2. The molecule has 1 aliphatic rings. The van der Waals surface area contributed by atoms with Crippen molar-refractivity contribution in [2.24, 2.45) is 5.73 Å². The van der Waals surface area contributed by atoms with Crippen molar-refractivity contribution in [2.75, 3.05) is 11.6 Å². The van der Waals surface area contributed by atoms with Crippen LogP contribution in [0.3, 0.4) is 0 Å². The molecule has 0 saturated heterocycles. The van der Waals surface area contributed by atoms with Crippen LogP contribution in [0.4, 0.5) is 23.7 Å². The number of nitrogens with two attached hydrogens (primary N) is 1. The second kappa shape index (κ2) is 7.78. The number of hydrogen-bond acceptors (Lipinski definition) is 5. The minimum absolute atomic E-state index is 0.0223. The van der Waals surface area contributed by atoms with E-state index >= 15 is 0 Å². The maximum Gasteiger partial charge on any atom is 0.421 e. The van der Waals surface area contributed by atoms with Gasteiger partial charge in [0.25, 0.3) is 5.91 Å². The number of carbonyl (C=O) groups excluding carboxylic acids is 2. The Morgan fingerprint density at radius 2 is 1.75 bits per heavy atom. The second-order valence-corrected chi connectivity index (χ2v) is 9.65. The lowest BCUT2D eigenvalue weighted by Crippen LogP contribution is -2.40. The molecule has 1 aliphatic heterocycles. The van der Waals surface area contributed by atoms with Gasteiger partial charge in [-0.25, -0.2) is 13.2 Å². The van der Waals surface area contributed by atoms with Gasteiger partial charge in [0, 0.05) is 18.5 Å². The van der Waals surface area contributed by atoms with Crippen LogP contribution in [0.15, 0.2) is 47.4 Å². The number of halogens is 3. The lowest BCUT2D eigenvalue weighted by atomic mass is 9.95. The molecular formula is C20H20F3N3O5S. The third-order valence-electron chi connectivity index (χ3n) is 5.29. The smallest absolute Gasteiger partial charge is 0.376 e. The number of urea groups is 1. The Kier molecular flexibility index (Phi) is 5.72. The van der Waals surface area contributed by atoms with Gasteiger partial charge in [-0.1, -0.05) is 18.2 Å². The topological polar surface area (TPSA) is 130 Å². The highest BCUT2D eigenvalue weighted by Crippen LogP contribution is 2.39. The lowest BCUT2D eigenvalue weighted by Gasteiger charge is -2.27. The number of carbonyl (C=O) groups is 2. The molecule has 0 bridgehead atoms. The van der Waals surface area contributed by atoms with Crippen LogP contribution in [0.25, 0.3) is 0 Å². The summed E-state index contributed by atoms with van der Waals surface area (Å²) in [4.78, 5) is 25.9. The van der Waals surface area contributed by atoms with Crippen molar-refractivity contribution < 1.29 is 36.3 Å². The van der Waals surface area contributed by atoms with Crippen molar-refractivity contribution in [3.8, 4) is 0 Å². The van der Waals surface area contributed by atoms with Gasteiger partial charge in [-0.2, -0.15) is 13.2 Å². The largest absolute Gasteiger partial charge is 0.421 e. The zero-order valence-corrected chi connectivity index (χ0v) is 17.8. The fraction of sp³-hybridized carbons (Fsp3) is 0.300. The van der Waals surface area contributed by atoms with Crippen molar-refractivity contribution >= 4 is 27.5 Å². The molecule has 0 fully saturated rings. The van der Waals surface area contributed by atoms with Crippen LogP contribution >= 0.6 is 0 Å². The zero-order valence-electron chi connectivity index (χ0n) is 17.0. The number of aliphatic hydroxyl groups is 1. The van der Waals surface area contributed by atoms with Gasteiger partial charge in [0.2, 0.25) is 0 Å². The first-order valence-corrected chi connectivity index (χ1v) is 11.1. The summed E-state index contributed by atoms with van der Waals surface area (Å²) < 4.78 is 62.6. The van der Waals surface area contributed by atoms with Crippen LogP contribution in [0.2, 0.25) is 0 Å². The third-order valence-corrected chi connectivity index (χ3v) is 6.40. The number of primary amides is 1. The number of nitrogens with zero attached hydrogens (tertiary/aromatic N) is 1. The molecule has 8 nitrogen and oxygen atoms in total. The molecule has 4 N–H and O–H groups in total. The predicted molar refractivity (Wildman–Crippen MR) is 108 cm³/mol. The van der Waals surface area contributed by atoms with Crippen molar-refractivity contribution in [3.63, 3.8) is 0 Å². The SMILES string of the molecule is CC(O)(c1ccc(NC(=O)C2c3ccc(S(C)(=O)=O)cc3CN2C(N)=O)cc1)C(F)(F)F. The number of nitrogens with one attached hydrogen (secondary N) is 1. The van der Waals surface area contributed by atoms with E-state index in [0.29, 0.717) is 18.1 Å². The number of benzene rings is 2.